The number of sulfonamides is 1. The lowest BCUT2D eigenvalue weighted by molar-refractivity contribution is 0.0173. The summed E-state index contributed by atoms with van der Waals surface area (Å²) < 4.78 is 33.8. The van der Waals surface area contributed by atoms with Gasteiger partial charge in [0.15, 0.2) is 0 Å². The summed E-state index contributed by atoms with van der Waals surface area (Å²) in [7, 11) is -3.55. The Kier molecular flexibility index (Phi) is 4.56. The number of rotatable bonds is 5. The fraction of sp³-hybridized carbons (Fsp3) is 0.727. The van der Waals surface area contributed by atoms with Gasteiger partial charge in [-0.25, -0.2) is 13.1 Å². The van der Waals surface area contributed by atoms with E-state index in [1.54, 1.807) is 0 Å². The van der Waals surface area contributed by atoms with Crippen LogP contribution in [0.4, 0.5) is 0 Å². The van der Waals surface area contributed by atoms with E-state index >= 15 is 0 Å². The first-order chi connectivity index (χ1) is 9.01. The highest BCUT2D eigenvalue weighted by molar-refractivity contribution is 7.89. The van der Waals surface area contributed by atoms with Crippen LogP contribution in [-0.2, 0) is 21.3 Å². The smallest absolute Gasteiger partial charge is 0.243 e. The predicted molar refractivity (Wildman–Crippen MR) is 68.1 cm³/mol. The minimum atomic E-state index is -3.55. The maximum absolute atomic E-state index is 12.2. The lowest BCUT2D eigenvalue weighted by atomic mass is 10.1. The van der Waals surface area contributed by atoms with E-state index in [4.69, 9.17) is 9.84 Å². The van der Waals surface area contributed by atoms with Gasteiger partial charge in [0.2, 0.25) is 10.0 Å². The van der Waals surface area contributed by atoms with Crippen LogP contribution in [0.3, 0.4) is 0 Å². The number of nitrogens with one attached hydrogen (secondary N) is 1. The summed E-state index contributed by atoms with van der Waals surface area (Å²) in [5, 5.41) is 12.7. The largest absolute Gasteiger partial charge is 0.394 e. The van der Waals surface area contributed by atoms with Gasteiger partial charge in [-0.3, -0.25) is 4.68 Å². The maximum atomic E-state index is 12.2. The van der Waals surface area contributed by atoms with Crippen LogP contribution in [0.15, 0.2) is 17.3 Å². The monoisotopic (exact) mass is 289 g/mol. The lowest BCUT2D eigenvalue weighted by Gasteiger charge is -2.27. The van der Waals surface area contributed by atoms with Crippen LogP contribution in [0, 0.1) is 0 Å². The molecule has 1 fully saturated rings. The zero-order valence-corrected chi connectivity index (χ0v) is 11.6. The van der Waals surface area contributed by atoms with Crippen molar-refractivity contribution in [2.75, 3.05) is 13.2 Å². The van der Waals surface area contributed by atoms with Crippen LogP contribution in [0.5, 0.6) is 0 Å². The standard InChI is InChI=1S/C11H19N3O4S/c1-9-6-10(2-5-18-9)13-19(16,17)11-7-12-14(8-11)3-4-15/h7-10,13,15H,2-6H2,1H3. The first-order valence-corrected chi connectivity index (χ1v) is 7.77. The molecule has 1 aromatic heterocycles. The molecule has 0 amide bonds. The summed E-state index contributed by atoms with van der Waals surface area (Å²) in [6, 6.07) is -0.102. The minimum Gasteiger partial charge on any atom is -0.394 e. The zero-order chi connectivity index (χ0) is 13.9. The molecule has 108 valence electrons. The number of hydrogen-bond donors (Lipinski definition) is 2. The fourth-order valence-corrected chi connectivity index (χ4v) is 3.34. The van der Waals surface area contributed by atoms with Crippen molar-refractivity contribution >= 4 is 10.0 Å². The molecule has 0 radical (unpaired) electrons. The van der Waals surface area contributed by atoms with Crippen LogP contribution < -0.4 is 4.72 Å². The Morgan fingerprint density at radius 3 is 3.11 bits per heavy atom. The normalized spacial score (nSPS) is 24.5. The molecule has 2 N–H and O–H groups in total. The van der Waals surface area contributed by atoms with Crippen LogP contribution in [-0.4, -0.2) is 48.7 Å². The average molecular weight is 289 g/mol. The number of aromatic nitrogens is 2. The van der Waals surface area contributed by atoms with Gasteiger partial charge < -0.3 is 9.84 Å². The van der Waals surface area contributed by atoms with E-state index in [2.05, 4.69) is 9.82 Å². The molecule has 1 aromatic rings. The molecule has 2 unspecified atom stereocenters. The Balaban J connectivity index is 2.04. The molecule has 7 nitrogen and oxygen atoms in total. The number of aliphatic hydroxyl groups excluding tert-OH is 1. The molecule has 19 heavy (non-hydrogen) atoms. The summed E-state index contributed by atoms with van der Waals surface area (Å²) in [6.45, 7) is 2.70. The summed E-state index contributed by atoms with van der Waals surface area (Å²) in [5.41, 5.74) is 0. The van der Waals surface area contributed by atoms with E-state index in [-0.39, 0.29) is 30.2 Å². The molecule has 0 aliphatic carbocycles. The van der Waals surface area contributed by atoms with Gasteiger partial charge in [-0.15, -0.1) is 0 Å². The molecule has 0 spiro atoms. The second kappa shape index (κ2) is 6.00. The number of ether oxygens (including phenoxy) is 1. The summed E-state index contributed by atoms with van der Waals surface area (Å²) in [6.07, 6.45) is 4.12. The third kappa shape index (κ3) is 3.75. The van der Waals surface area contributed by atoms with E-state index in [0.29, 0.717) is 19.4 Å². The van der Waals surface area contributed by atoms with Crippen molar-refractivity contribution in [3.05, 3.63) is 12.4 Å². The predicted octanol–water partition coefficient (Wildman–Crippen LogP) is -0.279. The Bertz CT molecular complexity index is 514. The molecule has 2 heterocycles. The third-order valence-electron chi connectivity index (χ3n) is 3.06. The summed E-state index contributed by atoms with van der Waals surface area (Å²) in [4.78, 5) is 0.125. The van der Waals surface area contributed by atoms with Gasteiger partial charge in [0.1, 0.15) is 4.90 Å². The molecule has 2 rings (SSSR count). The highest BCUT2D eigenvalue weighted by Gasteiger charge is 2.25. The van der Waals surface area contributed by atoms with Crippen LogP contribution in [0.2, 0.25) is 0 Å². The van der Waals surface area contributed by atoms with Crippen molar-refractivity contribution in [2.45, 2.75) is 43.4 Å². The van der Waals surface area contributed by atoms with Gasteiger partial charge in [-0.05, 0) is 19.8 Å². The Morgan fingerprint density at radius 1 is 1.63 bits per heavy atom. The number of nitrogens with zero attached hydrogens (tertiary/aromatic N) is 2. The SMILES string of the molecule is CC1CC(NS(=O)(=O)c2cnn(CCO)c2)CCO1. The van der Waals surface area contributed by atoms with E-state index < -0.39 is 10.0 Å². The quantitative estimate of drug-likeness (QED) is 0.777. The van der Waals surface area contributed by atoms with E-state index in [1.165, 1.54) is 17.1 Å². The summed E-state index contributed by atoms with van der Waals surface area (Å²) >= 11 is 0. The molecular weight excluding hydrogens is 270 g/mol. The number of hydrogen-bond acceptors (Lipinski definition) is 5. The minimum absolute atomic E-state index is 0.0681. The summed E-state index contributed by atoms with van der Waals surface area (Å²) in [5.74, 6) is 0. The van der Waals surface area contributed by atoms with Crippen molar-refractivity contribution in [3.8, 4) is 0 Å². The maximum Gasteiger partial charge on any atom is 0.243 e. The third-order valence-corrected chi connectivity index (χ3v) is 4.53. The molecule has 0 saturated carbocycles. The molecule has 1 saturated heterocycles. The van der Waals surface area contributed by atoms with Gasteiger partial charge in [-0.1, -0.05) is 0 Å². The molecule has 8 heteroatoms. The van der Waals surface area contributed by atoms with Gasteiger partial charge in [0.05, 0.1) is 25.5 Å². The first-order valence-electron chi connectivity index (χ1n) is 6.28. The van der Waals surface area contributed by atoms with Crippen LogP contribution in [0.25, 0.3) is 0 Å². The Morgan fingerprint density at radius 2 is 2.42 bits per heavy atom. The van der Waals surface area contributed by atoms with Gasteiger partial charge in [0.25, 0.3) is 0 Å². The van der Waals surface area contributed by atoms with Crippen molar-refractivity contribution in [3.63, 3.8) is 0 Å². The molecule has 1 aliphatic rings. The molecule has 1 aliphatic heterocycles. The molecular formula is C11H19N3O4S. The van der Waals surface area contributed by atoms with Crippen molar-refractivity contribution < 1.29 is 18.3 Å². The Hall–Kier alpha value is -0.960. The van der Waals surface area contributed by atoms with Crippen molar-refractivity contribution in [2.24, 2.45) is 0 Å². The second-order valence-corrected chi connectivity index (χ2v) is 6.40. The van der Waals surface area contributed by atoms with Crippen molar-refractivity contribution in [1.82, 2.24) is 14.5 Å². The van der Waals surface area contributed by atoms with Gasteiger partial charge >= 0.3 is 0 Å². The second-order valence-electron chi connectivity index (χ2n) is 4.69. The Labute approximate surface area is 112 Å². The highest BCUT2D eigenvalue weighted by atomic mass is 32.2. The lowest BCUT2D eigenvalue weighted by Crippen LogP contribution is -2.41. The van der Waals surface area contributed by atoms with E-state index in [1.807, 2.05) is 6.92 Å². The first kappa shape index (κ1) is 14.4. The topological polar surface area (TPSA) is 93.5 Å². The molecule has 0 aromatic carbocycles. The zero-order valence-electron chi connectivity index (χ0n) is 10.8. The molecule has 0 bridgehead atoms. The number of aliphatic hydroxyl groups is 1. The fourth-order valence-electron chi connectivity index (χ4n) is 2.10. The van der Waals surface area contributed by atoms with Crippen LogP contribution >= 0.6 is 0 Å². The van der Waals surface area contributed by atoms with Crippen molar-refractivity contribution in [1.29, 1.82) is 0 Å². The van der Waals surface area contributed by atoms with Gasteiger partial charge in [-0.2, -0.15) is 5.10 Å². The van der Waals surface area contributed by atoms with Crippen LogP contribution in [0.1, 0.15) is 19.8 Å². The highest BCUT2D eigenvalue weighted by Crippen LogP contribution is 2.16. The average Bonchev–Trinajstić information content (AvgIpc) is 2.78. The van der Waals surface area contributed by atoms with E-state index in [9.17, 15) is 8.42 Å². The van der Waals surface area contributed by atoms with E-state index in [0.717, 1.165) is 0 Å². The van der Waals surface area contributed by atoms with Gasteiger partial charge in [0, 0.05) is 18.8 Å². The molecule has 2 atom stereocenters.